The Hall–Kier alpha value is -1.18. The van der Waals surface area contributed by atoms with E-state index in [2.05, 4.69) is 4.72 Å². The number of aliphatic hydroxyl groups is 1. The van der Waals surface area contributed by atoms with Gasteiger partial charge >= 0.3 is 0 Å². The second-order valence-corrected chi connectivity index (χ2v) is 6.90. The van der Waals surface area contributed by atoms with Crippen molar-refractivity contribution in [1.82, 2.24) is 4.72 Å². The number of sulfonamides is 1. The van der Waals surface area contributed by atoms with Crippen molar-refractivity contribution in [3.63, 3.8) is 0 Å². The Kier molecular flexibility index (Phi) is 4.31. The highest BCUT2D eigenvalue weighted by molar-refractivity contribution is 7.89. The molecule has 0 unspecified atom stereocenters. The zero-order valence-electron chi connectivity index (χ0n) is 11.3. The van der Waals surface area contributed by atoms with Gasteiger partial charge in [-0.25, -0.2) is 17.5 Å². The van der Waals surface area contributed by atoms with E-state index in [4.69, 9.17) is 5.73 Å². The minimum Gasteiger partial charge on any atom is -0.396 e. The van der Waals surface area contributed by atoms with Crippen molar-refractivity contribution >= 4 is 15.7 Å². The molecule has 1 aromatic carbocycles. The highest BCUT2D eigenvalue weighted by atomic mass is 32.2. The van der Waals surface area contributed by atoms with Gasteiger partial charge < -0.3 is 10.8 Å². The second kappa shape index (κ2) is 5.67. The third-order valence-electron chi connectivity index (χ3n) is 3.62. The van der Waals surface area contributed by atoms with Crippen LogP contribution in [0.4, 0.5) is 10.1 Å². The van der Waals surface area contributed by atoms with Gasteiger partial charge in [0.2, 0.25) is 10.0 Å². The molecule has 112 valence electrons. The number of nitrogen functional groups attached to an aromatic ring is 1. The van der Waals surface area contributed by atoms with Gasteiger partial charge in [0.15, 0.2) is 0 Å². The monoisotopic (exact) mass is 302 g/mol. The van der Waals surface area contributed by atoms with Crippen molar-refractivity contribution in [2.75, 3.05) is 5.73 Å². The number of rotatable bonds is 3. The summed E-state index contributed by atoms with van der Waals surface area (Å²) in [6, 6.07) is 1.71. The maximum absolute atomic E-state index is 13.3. The lowest BCUT2D eigenvalue weighted by atomic mass is 9.93. The summed E-state index contributed by atoms with van der Waals surface area (Å²) in [5.41, 5.74) is 5.51. The van der Waals surface area contributed by atoms with Crippen LogP contribution in [-0.2, 0) is 10.0 Å². The number of hydrogen-bond acceptors (Lipinski definition) is 4. The number of nitrogens with one attached hydrogen (secondary N) is 1. The van der Waals surface area contributed by atoms with Crippen molar-refractivity contribution in [1.29, 1.82) is 0 Å². The molecule has 1 saturated carbocycles. The lowest BCUT2D eigenvalue weighted by Crippen LogP contribution is -2.45. The molecule has 0 spiro atoms. The maximum atomic E-state index is 13.3. The predicted octanol–water partition coefficient (Wildman–Crippen LogP) is 1.30. The Morgan fingerprint density at radius 1 is 1.35 bits per heavy atom. The molecule has 0 heterocycles. The number of anilines is 1. The molecule has 7 heteroatoms. The van der Waals surface area contributed by atoms with Crippen LogP contribution in [0.5, 0.6) is 0 Å². The average molecular weight is 302 g/mol. The number of hydrogen-bond donors (Lipinski definition) is 3. The summed E-state index contributed by atoms with van der Waals surface area (Å²) in [7, 11) is -3.82. The molecule has 1 aliphatic rings. The molecule has 0 aliphatic heterocycles. The van der Waals surface area contributed by atoms with Gasteiger partial charge in [0.05, 0.1) is 16.7 Å². The molecule has 1 aromatic rings. The topological polar surface area (TPSA) is 92.4 Å². The average Bonchev–Trinajstić information content (AvgIpc) is 2.36. The van der Waals surface area contributed by atoms with Crippen molar-refractivity contribution in [3.8, 4) is 0 Å². The highest BCUT2D eigenvalue weighted by Crippen LogP contribution is 2.24. The van der Waals surface area contributed by atoms with E-state index < -0.39 is 28.0 Å². The van der Waals surface area contributed by atoms with Crippen LogP contribution in [0, 0.1) is 12.7 Å². The molecule has 0 aromatic heterocycles. The molecular formula is C13H19FN2O3S. The third kappa shape index (κ3) is 3.11. The molecule has 0 amide bonds. The lowest BCUT2D eigenvalue weighted by molar-refractivity contribution is 0.101. The van der Waals surface area contributed by atoms with Gasteiger partial charge in [0.25, 0.3) is 0 Å². The zero-order chi connectivity index (χ0) is 14.9. The van der Waals surface area contributed by atoms with Crippen LogP contribution in [0.2, 0.25) is 0 Å². The van der Waals surface area contributed by atoms with E-state index in [-0.39, 0.29) is 16.1 Å². The van der Waals surface area contributed by atoms with Gasteiger partial charge in [0, 0.05) is 6.04 Å². The largest absolute Gasteiger partial charge is 0.396 e. The van der Waals surface area contributed by atoms with E-state index in [9.17, 15) is 17.9 Å². The van der Waals surface area contributed by atoms with Gasteiger partial charge in [-0.2, -0.15) is 0 Å². The molecule has 0 saturated heterocycles. The number of benzene rings is 1. The second-order valence-electron chi connectivity index (χ2n) is 5.22. The van der Waals surface area contributed by atoms with E-state index in [0.717, 1.165) is 25.0 Å². The van der Waals surface area contributed by atoms with Crippen LogP contribution in [0.3, 0.4) is 0 Å². The van der Waals surface area contributed by atoms with Crippen LogP contribution >= 0.6 is 0 Å². The van der Waals surface area contributed by atoms with Gasteiger partial charge in [-0.3, -0.25) is 0 Å². The molecular weight excluding hydrogens is 283 g/mol. The molecule has 1 aliphatic carbocycles. The summed E-state index contributed by atoms with van der Waals surface area (Å²) in [6.45, 7) is 1.51. The smallest absolute Gasteiger partial charge is 0.241 e. The van der Waals surface area contributed by atoms with Crippen molar-refractivity contribution in [2.45, 2.75) is 49.6 Å². The van der Waals surface area contributed by atoms with Crippen LogP contribution in [0.1, 0.15) is 31.2 Å². The van der Waals surface area contributed by atoms with Crippen LogP contribution in [0.25, 0.3) is 0 Å². The van der Waals surface area contributed by atoms with E-state index in [1.54, 1.807) is 0 Å². The molecule has 2 rings (SSSR count). The SMILES string of the molecule is Cc1cc(F)c(N)cc1S(=O)(=O)N[C@@H]1CCCC[C@H]1O. The van der Waals surface area contributed by atoms with E-state index in [1.807, 2.05) is 0 Å². The summed E-state index contributed by atoms with van der Waals surface area (Å²) in [5.74, 6) is -0.640. The fraction of sp³-hybridized carbons (Fsp3) is 0.538. The first-order valence-electron chi connectivity index (χ1n) is 6.57. The molecule has 20 heavy (non-hydrogen) atoms. The van der Waals surface area contributed by atoms with Gasteiger partial charge in [-0.15, -0.1) is 0 Å². The summed E-state index contributed by atoms with van der Waals surface area (Å²) in [4.78, 5) is -0.0471. The van der Waals surface area contributed by atoms with Crippen LogP contribution < -0.4 is 10.5 Å². The normalized spacial score (nSPS) is 23.8. The minimum atomic E-state index is -3.82. The molecule has 1 fully saturated rings. The van der Waals surface area contributed by atoms with E-state index >= 15 is 0 Å². The van der Waals surface area contributed by atoms with Gasteiger partial charge in [-0.05, 0) is 37.5 Å². The van der Waals surface area contributed by atoms with Crippen molar-refractivity contribution in [3.05, 3.63) is 23.5 Å². The first-order valence-corrected chi connectivity index (χ1v) is 8.05. The standard InChI is InChI=1S/C13H19FN2O3S/c1-8-6-9(14)10(15)7-13(8)20(18,19)16-11-4-2-3-5-12(11)17/h6-7,11-12,16-17H,2-5,15H2,1H3/t11-,12-/m1/s1. The Bertz CT molecular complexity index is 604. The molecule has 4 N–H and O–H groups in total. The van der Waals surface area contributed by atoms with E-state index in [1.165, 1.54) is 6.92 Å². The van der Waals surface area contributed by atoms with Gasteiger partial charge in [-0.1, -0.05) is 12.8 Å². The minimum absolute atomic E-state index is 0.0471. The van der Waals surface area contributed by atoms with Crippen molar-refractivity contribution < 1.29 is 17.9 Å². The number of aliphatic hydroxyl groups excluding tert-OH is 1. The first kappa shape index (κ1) is 15.2. The fourth-order valence-electron chi connectivity index (χ4n) is 2.47. The van der Waals surface area contributed by atoms with Crippen molar-refractivity contribution in [2.24, 2.45) is 0 Å². The fourth-order valence-corrected chi connectivity index (χ4v) is 4.04. The zero-order valence-corrected chi connectivity index (χ0v) is 12.1. The Morgan fingerprint density at radius 2 is 2.00 bits per heavy atom. The first-order chi connectivity index (χ1) is 9.31. The molecule has 0 radical (unpaired) electrons. The van der Waals surface area contributed by atoms with Gasteiger partial charge in [0.1, 0.15) is 5.82 Å². The number of halogens is 1. The predicted molar refractivity (Wildman–Crippen MR) is 74.1 cm³/mol. The van der Waals surface area contributed by atoms with Crippen LogP contribution in [-0.4, -0.2) is 25.7 Å². The number of nitrogens with two attached hydrogens (primary N) is 1. The number of aryl methyl sites for hydroxylation is 1. The van der Waals surface area contributed by atoms with Crippen LogP contribution in [0.15, 0.2) is 17.0 Å². The molecule has 0 bridgehead atoms. The summed E-state index contributed by atoms with van der Waals surface area (Å²) in [6.07, 6.45) is 2.25. The Balaban J connectivity index is 2.28. The third-order valence-corrected chi connectivity index (χ3v) is 5.25. The lowest BCUT2D eigenvalue weighted by Gasteiger charge is -2.28. The summed E-state index contributed by atoms with van der Waals surface area (Å²) < 4.78 is 40.4. The summed E-state index contributed by atoms with van der Waals surface area (Å²) >= 11 is 0. The highest BCUT2D eigenvalue weighted by Gasteiger charge is 2.29. The quantitative estimate of drug-likeness (QED) is 0.734. The molecule has 5 nitrogen and oxygen atoms in total. The Labute approximate surface area is 118 Å². The Morgan fingerprint density at radius 3 is 2.65 bits per heavy atom. The maximum Gasteiger partial charge on any atom is 0.241 e. The summed E-state index contributed by atoms with van der Waals surface area (Å²) in [5, 5.41) is 9.84. The molecule has 2 atom stereocenters. The van der Waals surface area contributed by atoms with E-state index in [0.29, 0.717) is 12.8 Å².